The fourth-order valence-corrected chi connectivity index (χ4v) is 3.36. The van der Waals surface area contributed by atoms with Gasteiger partial charge >= 0.3 is 0 Å². The first-order chi connectivity index (χ1) is 12.2. The molecular formula is C20H26ClN3O2. The van der Waals surface area contributed by atoms with Gasteiger partial charge in [0.05, 0.1) is 7.11 Å². The van der Waals surface area contributed by atoms with Crippen LogP contribution in [0.1, 0.15) is 22.7 Å². The minimum absolute atomic E-state index is 0. The highest BCUT2D eigenvalue weighted by atomic mass is 35.5. The Morgan fingerprint density at radius 3 is 3.00 bits per heavy atom. The van der Waals surface area contributed by atoms with E-state index in [0.717, 1.165) is 37.3 Å². The predicted octanol–water partition coefficient (Wildman–Crippen LogP) is 3.09. The molecule has 1 aliphatic heterocycles. The molecule has 1 atom stereocenters. The second-order valence-corrected chi connectivity index (χ2v) is 6.28. The van der Waals surface area contributed by atoms with Crippen LogP contribution in [0.2, 0.25) is 0 Å². The summed E-state index contributed by atoms with van der Waals surface area (Å²) in [5.41, 5.74) is 3.19. The first kappa shape index (κ1) is 20.2. The molecule has 1 aromatic heterocycles. The summed E-state index contributed by atoms with van der Waals surface area (Å²) in [5, 5.41) is 13.7. The maximum absolute atomic E-state index is 10.3. The third-order valence-electron chi connectivity index (χ3n) is 4.61. The van der Waals surface area contributed by atoms with E-state index in [1.807, 2.05) is 24.4 Å². The van der Waals surface area contributed by atoms with Gasteiger partial charge in [0.15, 0.2) is 11.5 Å². The average Bonchev–Trinajstić information content (AvgIpc) is 2.65. The summed E-state index contributed by atoms with van der Waals surface area (Å²) in [5.74, 6) is 0.720. The predicted molar refractivity (Wildman–Crippen MR) is 106 cm³/mol. The molecule has 1 aliphatic rings. The van der Waals surface area contributed by atoms with Gasteiger partial charge in [0, 0.05) is 50.2 Å². The number of phenols is 1. The van der Waals surface area contributed by atoms with Crippen molar-refractivity contribution in [1.29, 1.82) is 0 Å². The summed E-state index contributed by atoms with van der Waals surface area (Å²) in [6, 6.07) is 8.35. The van der Waals surface area contributed by atoms with Crippen LogP contribution < -0.4 is 10.1 Å². The van der Waals surface area contributed by atoms with Crippen LogP contribution >= 0.6 is 12.4 Å². The Kier molecular flexibility index (Phi) is 7.45. The lowest BCUT2D eigenvalue weighted by atomic mass is 10.0. The van der Waals surface area contributed by atoms with Gasteiger partial charge in [-0.3, -0.25) is 9.88 Å². The minimum Gasteiger partial charge on any atom is -0.504 e. The number of allylic oxidation sites excluding steroid dienone is 1. The molecule has 0 saturated carbocycles. The number of halogens is 1. The van der Waals surface area contributed by atoms with E-state index in [9.17, 15) is 5.11 Å². The number of phenolic OH excluding ortho intramolecular Hbond substituents is 1. The van der Waals surface area contributed by atoms with Crippen LogP contribution in [-0.4, -0.2) is 41.7 Å². The van der Waals surface area contributed by atoms with Crippen LogP contribution in [0.5, 0.6) is 11.5 Å². The summed E-state index contributed by atoms with van der Waals surface area (Å²) >= 11 is 0. The summed E-state index contributed by atoms with van der Waals surface area (Å²) in [4.78, 5) is 6.70. The number of ether oxygens (including phenoxy) is 1. The summed E-state index contributed by atoms with van der Waals surface area (Å²) < 4.78 is 5.35. The van der Waals surface area contributed by atoms with E-state index in [2.05, 4.69) is 27.8 Å². The third-order valence-corrected chi connectivity index (χ3v) is 4.61. The van der Waals surface area contributed by atoms with Crippen molar-refractivity contribution in [3.8, 4) is 11.5 Å². The molecule has 0 aliphatic carbocycles. The number of nitrogens with one attached hydrogen (secondary N) is 1. The molecule has 2 heterocycles. The Balaban J connectivity index is 0.00000243. The van der Waals surface area contributed by atoms with Gasteiger partial charge in [-0.25, -0.2) is 0 Å². The Hall–Kier alpha value is -2.08. The Morgan fingerprint density at radius 1 is 1.46 bits per heavy atom. The third kappa shape index (κ3) is 4.55. The number of pyridine rings is 1. The Labute approximate surface area is 161 Å². The second-order valence-electron chi connectivity index (χ2n) is 6.28. The average molecular weight is 376 g/mol. The number of hydrogen-bond donors (Lipinski definition) is 2. The first-order valence-electron chi connectivity index (χ1n) is 8.57. The Morgan fingerprint density at radius 2 is 2.31 bits per heavy atom. The first-order valence-corrected chi connectivity index (χ1v) is 8.57. The Bertz CT molecular complexity index is 724. The number of methoxy groups -OCH3 is 1. The van der Waals surface area contributed by atoms with Crippen molar-refractivity contribution >= 4 is 12.4 Å². The molecule has 1 unspecified atom stereocenters. The lowest BCUT2D eigenvalue weighted by Gasteiger charge is -2.36. The number of piperazine rings is 1. The zero-order valence-corrected chi connectivity index (χ0v) is 15.8. The molecule has 0 spiro atoms. The van der Waals surface area contributed by atoms with Crippen LogP contribution in [0.4, 0.5) is 0 Å². The second kappa shape index (κ2) is 9.57. The van der Waals surface area contributed by atoms with Crippen molar-refractivity contribution in [2.24, 2.45) is 0 Å². The van der Waals surface area contributed by atoms with E-state index in [4.69, 9.17) is 4.74 Å². The largest absolute Gasteiger partial charge is 0.504 e. The molecule has 140 valence electrons. The SMILES string of the molecule is C=CCc1cc(CN2CCNCC2c2cccnc2)cc(OC)c1O.Cl. The highest BCUT2D eigenvalue weighted by Gasteiger charge is 2.24. The fourth-order valence-electron chi connectivity index (χ4n) is 3.36. The maximum Gasteiger partial charge on any atom is 0.161 e. The van der Waals surface area contributed by atoms with Crippen LogP contribution in [-0.2, 0) is 13.0 Å². The van der Waals surface area contributed by atoms with Gasteiger partial charge in [-0.1, -0.05) is 18.2 Å². The van der Waals surface area contributed by atoms with Crippen molar-refractivity contribution in [2.75, 3.05) is 26.7 Å². The smallest absolute Gasteiger partial charge is 0.161 e. The van der Waals surface area contributed by atoms with E-state index in [1.54, 1.807) is 19.4 Å². The van der Waals surface area contributed by atoms with Crippen molar-refractivity contribution < 1.29 is 9.84 Å². The molecule has 1 fully saturated rings. The van der Waals surface area contributed by atoms with Gasteiger partial charge < -0.3 is 15.2 Å². The summed E-state index contributed by atoms with van der Waals surface area (Å²) in [7, 11) is 1.58. The fraction of sp³-hybridized carbons (Fsp3) is 0.350. The molecule has 3 rings (SSSR count). The van der Waals surface area contributed by atoms with Crippen molar-refractivity contribution in [3.05, 3.63) is 66.0 Å². The summed E-state index contributed by atoms with van der Waals surface area (Å²) in [6.45, 7) is 7.39. The topological polar surface area (TPSA) is 57.6 Å². The monoisotopic (exact) mass is 375 g/mol. The van der Waals surface area contributed by atoms with Crippen molar-refractivity contribution in [2.45, 2.75) is 19.0 Å². The number of nitrogens with zero attached hydrogens (tertiary/aromatic N) is 2. The van der Waals surface area contributed by atoms with E-state index in [1.165, 1.54) is 5.56 Å². The molecule has 1 aromatic carbocycles. The van der Waals surface area contributed by atoms with Crippen LogP contribution in [0.15, 0.2) is 49.3 Å². The number of aromatic nitrogens is 1. The van der Waals surface area contributed by atoms with Gasteiger partial charge in [-0.2, -0.15) is 0 Å². The maximum atomic E-state index is 10.3. The lowest BCUT2D eigenvalue weighted by molar-refractivity contribution is 0.153. The molecule has 0 amide bonds. The molecule has 2 N–H and O–H groups in total. The van der Waals surface area contributed by atoms with Crippen molar-refractivity contribution in [1.82, 2.24) is 15.2 Å². The number of benzene rings is 1. The minimum atomic E-state index is 0. The van der Waals surface area contributed by atoms with Crippen LogP contribution in [0, 0.1) is 0 Å². The van der Waals surface area contributed by atoms with Crippen LogP contribution in [0.25, 0.3) is 0 Å². The molecule has 6 heteroatoms. The molecule has 1 saturated heterocycles. The molecule has 0 radical (unpaired) electrons. The van der Waals surface area contributed by atoms with E-state index >= 15 is 0 Å². The number of aromatic hydroxyl groups is 1. The van der Waals surface area contributed by atoms with Gasteiger partial charge in [0.2, 0.25) is 0 Å². The van der Waals surface area contributed by atoms with Crippen LogP contribution in [0.3, 0.4) is 0 Å². The quantitative estimate of drug-likeness (QED) is 0.760. The van der Waals surface area contributed by atoms with E-state index in [-0.39, 0.29) is 24.2 Å². The number of rotatable bonds is 6. The molecule has 2 aromatic rings. The zero-order valence-electron chi connectivity index (χ0n) is 15.0. The van der Waals surface area contributed by atoms with E-state index in [0.29, 0.717) is 12.2 Å². The molecule has 26 heavy (non-hydrogen) atoms. The van der Waals surface area contributed by atoms with Gasteiger partial charge in [0.25, 0.3) is 0 Å². The molecular weight excluding hydrogens is 350 g/mol. The summed E-state index contributed by atoms with van der Waals surface area (Å²) in [6.07, 6.45) is 6.15. The lowest BCUT2D eigenvalue weighted by Crippen LogP contribution is -2.45. The molecule has 5 nitrogen and oxygen atoms in total. The zero-order chi connectivity index (χ0) is 17.6. The van der Waals surface area contributed by atoms with Gasteiger partial charge in [-0.15, -0.1) is 19.0 Å². The normalized spacial score (nSPS) is 17.3. The van der Waals surface area contributed by atoms with E-state index < -0.39 is 0 Å². The van der Waals surface area contributed by atoms with Crippen molar-refractivity contribution in [3.63, 3.8) is 0 Å². The van der Waals surface area contributed by atoms with Gasteiger partial charge in [0.1, 0.15) is 0 Å². The standard InChI is InChI=1S/C20H25N3O2.ClH/c1-3-5-16-10-15(11-19(25-2)20(16)24)14-23-9-8-22-13-18(23)17-6-4-7-21-12-17;/h3-4,6-7,10-12,18,22,24H,1,5,8-9,13-14H2,2H3;1H. The number of hydrogen-bond acceptors (Lipinski definition) is 5. The van der Waals surface area contributed by atoms with Gasteiger partial charge in [-0.05, 0) is 29.7 Å². The molecule has 0 bridgehead atoms. The highest BCUT2D eigenvalue weighted by Crippen LogP contribution is 2.33. The highest BCUT2D eigenvalue weighted by molar-refractivity contribution is 5.85.